The molecule has 0 bridgehead atoms. The lowest BCUT2D eigenvalue weighted by Gasteiger charge is -2.30. The second-order valence-corrected chi connectivity index (χ2v) is 6.42. The lowest BCUT2D eigenvalue weighted by Crippen LogP contribution is -2.43. The number of nitrogens with one attached hydrogen (secondary N) is 1. The topological polar surface area (TPSA) is 15.3 Å². The van der Waals surface area contributed by atoms with E-state index in [1.807, 2.05) is 0 Å². The van der Waals surface area contributed by atoms with Gasteiger partial charge in [0.25, 0.3) is 0 Å². The smallest absolute Gasteiger partial charge is 0.0234 e. The van der Waals surface area contributed by atoms with E-state index in [0.29, 0.717) is 6.04 Å². The molecule has 0 radical (unpaired) electrons. The summed E-state index contributed by atoms with van der Waals surface area (Å²) in [6.45, 7) is 6.91. The SMILES string of the molecule is CCCN(Cc1ccc(Br)cc1)CC1CCCCN1. The summed E-state index contributed by atoms with van der Waals surface area (Å²) in [5.74, 6) is 0. The maximum atomic E-state index is 3.65. The molecule has 1 fully saturated rings. The third kappa shape index (κ3) is 5.25. The zero-order chi connectivity index (χ0) is 13.5. The summed E-state index contributed by atoms with van der Waals surface area (Å²) < 4.78 is 1.16. The van der Waals surface area contributed by atoms with Crippen molar-refractivity contribution in [2.75, 3.05) is 19.6 Å². The predicted octanol–water partition coefficient (Wildman–Crippen LogP) is 3.80. The van der Waals surface area contributed by atoms with Gasteiger partial charge in [0.2, 0.25) is 0 Å². The zero-order valence-electron chi connectivity index (χ0n) is 11.9. The zero-order valence-corrected chi connectivity index (χ0v) is 13.5. The van der Waals surface area contributed by atoms with Gasteiger partial charge in [-0.25, -0.2) is 0 Å². The number of rotatable bonds is 6. The van der Waals surface area contributed by atoms with E-state index in [1.165, 1.54) is 50.9 Å². The second kappa shape index (κ2) is 8.03. The molecule has 19 heavy (non-hydrogen) atoms. The molecule has 1 saturated heterocycles. The van der Waals surface area contributed by atoms with Crippen LogP contribution in [0.1, 0.15) is 38.2 Å². The molecule has 1 aromatic rings. The van der Waals surface area contributed by atoms with Crippen LogP contribution in [0.3, 0.4) is 0 Å². The Morgan fingerprint density at radius 2 is 2.05 bits per heavy atom. The van der Waals surface area contributed by atoms with Crippen LogP contribution in [0.15, 0.2) is 28.7 Å². The Kier molecular flexibility index (Phi) is 6.35. The minimum atomic E-state index is 0.691. The quantitative estimate of drug-likeness (QED) is 0.856. The standard InChI is InChI=1S/C16H25BrN2/c1-2-11-19(13-16-5-3-4-10-18-16)12-14-6-8-15(17)9-7-14/h6-9,16,18H,2-5,10-13H2,1H3. The van der Waals surface area contributed by atoms with Crippen LogP contribution in [0.25, 0.3) is 0 Å². The fraction of sp³-hybridized carbons (Fsp3) is 0.625. The predicted molar refractivity (Wildman–Crippen MR) is 85.4 cm³/mol. The summed E-state index contributed by atoms with van der Waals surface area (Å²) >= 11 is 3.50. The van der Waals surface area contributed by atoms with Crippen LogP contribution in [0.4, 0.5) is 0 Å². The molecular weight excluding hydrogens is 300 g/mol. The van der Waals surface area contributed by atoms with E-state index in [9.17, 15) is 0 Å². The van der Waals surface area contributed by atoms with Gasteiger partial charge in [0.1, 0.15) is 0 Å². The van der Waals surface area contributed by atoms with Crippen LogP contribution in [0, 0.1) is 0 Å². The van der Waals surface area contributed by atoms with Crippen molar-refractivity contribution >= 4 is 15.9 Å². The minimum Gasteiger partial charge on any atom is -0.313 e. The molecule has 1 atom stereocenters. The molecule has 1 N–H and O–H groups in total. The lowest BCUT2D eigenvalue weighted by molar-refractivity contribution is 0.217. The lowest BCUT2D eigenvalue weighted by atomic mass is 10.0. The van der Waals surface area contributed by atoms with Crippen LogP contribution in [0.2, 0.25) is 0 Å². The van der Waals surface area contributed by atoms with Crippen molar-refractivity contribution in [3.05, 3.63) is 34.3 Å². The molecule has 1 heterocycles. The average molecular weight is 325 g/mol. The highest BCUT2D eigenvalue weighted by molar-refractivity contribution is 9.10. The van der Waals surface area contributed by atoms with Gasteiger partial charge >= 0.3 is 0 Å². The van der Waals surface area contributed by atoms with Gasteiger partial charge in [-0.15, -0.1) is 0 Å². The molecule has 106 valence electrons. The Bertz CT molecular complexity index is 358. The summed E-state index contributed by atoms with van der Waals surface area (Å²) in [6.07, 6.45) is 5.29. The van der Waals surface area contributed by atoms with Crippen molar-refractivity contribution in [2.45, 2.75) is 45.2 Å². The van der Waals surface area contributed by atoms with Crippen molar-refractivity contribution in [3.8, 4) is 0 Å². The van der Waals surface area contributed by atoms with E-state index >= 15 is 0 Å². The van der Waals surface area contributed by atoms with E-state index in [1.54, 1.807) is 0 Å². The summed E-state index contributed by atoms with van der Waals surface area (Å²) in [7, 11) is 0. The molecule has 1 aliphatic rings. The minimum absolute atomic E-state index is 0.691. The number of nitrogens with zero attached hydrogens (tertiary/aromatic N) is 1. The Labute approximate surface area is 125 Å². The van der Waals surface area contributed by atoms with Crippen LogP contribution in [0.5, 0.6) is 0 Å². The molecule has 0 saturated carbocycles. The molecule has 1 aromatic carbocycles. The van der Waals surface area contributed by atoms with Gasteiger partial charge in [0.05, 0.1) is 0 Å². The van der Waals surface area contributed by atoms with E-state index in [4.69, 9.17) is 0 Å². The van der Waals surface area contributed by atoms with Gasteiger partial charge in [-0.2, -0.15) is 0 Å². The van der Waals surface area contributed by atoms with Gasteiger partial charge in [-0.1, -0.05) is 41.4 Å². The van der Waals surface area contributed by atoms with Gasteiger partial charge in [0, 0.05) is 23.6 Å². The maximum absolute atomic E-state index is 3.65. The van der Waals surface area contributed by atoms with Crippen LogP contribution in [-0.2, 0) is 6.54 Å². The van der Waals surface area contributed by atoms with E-state index in [2.05, 4.69) is 57.3 Å². The Balaban J connectivity index is 1.89. The van der Waals surface area contributed by atoms with Crippen molar-refractivity contribution in [1.29, 1.82) is 0 Å². The van der Waals surface area contributed by atoms with E-state index in [-0.39, 0.29) is 0 Å². The largest absolute Gasteiger partial charge is 0.313 e. The number of piperidine rings is 1. The number of halogens is 1. The third-order valence-corrected chi connectivity index (χ3v) is 4.28. The van der Waals surface area contributed by atoms with E-state index < -0.39 is 0 Å². The van der Waals surface area contributed by atoms with Gasteiger partial charge in [-0.05, 0) is 50.0 Å². The Hall–Kier alpha value is -0.380. The molecule has 0 spiro atoms. The number of hydrogen-bond donors (Lipinski definition) is 1. The first-order valence-corrected chi connectivity index (χ1v) is 8.27. The molecule has 1 aliphatic heterocycles. The first-order chi connectivity index (χ1) is 9.28. The van der Waals surface area contributed by atoms with Crippen molar-refractivity contribution in [2.24, 2.45) is 0 Å². The molecular formula is C16H25BrN2. The fourth-order valence-electron chi connectivity index (χ4n) is 2.79. The highest BCUT2D eigenvalue weighted by atomic mass is 79.9. The Morgan fingerprint density at radius 1 is 1.26 bits per heavy atom. The van der Waals surface area contributed by atoms with Gasteiger partial charge < -0.3 is 5.32 Å². The number of hydrogen-bond acceptors (Lipinski definition) is 2. The maximum Gasteiger partial charge on any atom is 0.0234 e. The van der Waals surface area contributed by atoms with Crippen molar-refractivity contribution in [3.63, 3.8) is 0 Å². The highest BCUT2D eigenvalue weighted by Gasteiger charge is 2.16. The first-order valence-electron chi connectivity index (χ1n) is 7.48. The summed E-state index contributed by atoms with van der Waals surface area (Å²) in [6, 6.07) is 9.41. The third-order valence-electron chi connectivity index (χ3n) is 3.75. The summed E-state index contributed by atoms with van der Waals surface area (Å²) in [5, 5.41) is 3.65. The van der Waals surface area contributed by atoms with Crippen molar-refractivity contribution in [1.82, 2.24) is 10.2 Å². The second-order valence-electron chi connectivity index (χ2n) is 5.51. The molecule has 3 heteroatoms. The monoisotopic (exact) mass is 324 g/mol. The normalized spacial score (nSPS) is 19.8. The molecule has 0 aromatic heterocycles. The average Bonchev–Trinajstić information content (AvgIpc) is 2.43. The van der Waals surface area contributed by atoms with Crippen molar-refractivity contribution < 1.29 is 0 Å². The fourth-order valence-corrected chi connectivity index (χ4v) is 3.05. The summed E-state index contributed by atoms with van der Waals surface area (Å²) in [4.78, 5) is 2.59. The number of benzene rings is 1. The van der Waals surface area contributed by atoms with Gasteiger partial charge in [-0.3, -0.25) is 4.90 Å². The molecule has 2 nitrogen and oxygen atoms in total. The van der Waals surface area contributed by atoms with E-state index in [0.717, 1.165) is 11.0 Å². The molecule has 2 rings (SSSR count). The van der Waals surface area contributed by atoms with Gasteiger partial charge in [0.15, 0.2) is 0 Å². The highest BCUT2D eigenvalue weighted by Crippen LogP contribution is 2.14. The summed E-state index contributed by atoms with van der Waals surface area (Å²) in [5.41, 5.74) is 1.41. The molecule has 0 amide bonds. The van der Waals surface area contributed by atoms with Crippen LogP contribution in [-0.4, -0.2) is 30.6 Å². The Morgan fingerprint density at radius 3 is 2.68 bits per heavy atom. The van der Waals surface area contributed by atoms with Crippen LogP contribution >= 0.6 is 15.9 Å². The molecule has 0 aliphatic carbocycles. The molecule has 1 unspecified atom stereocenters. The van der Waals surface area contributed by atoms with Crippen LogP contribution < -0.4 is 5.32 Å². The first kappa shape index (κ1) is 15.0.